The third-order valence-corrected chi connectivity index (χ3v) is 1.40. The van der Waals surface area contributed by atoms with Gasteiger partial charge in [0.1, 0.15) is 6.11 Å². The Hall–Kier alpha value is -0.640. The molecule has 0 fully saturated rings. The van der Waals surface area contributed by atoms with E-state index >= 15 is 0 Å². The van der Waals surface area contributed by atoms with Crippen molar-refractivity contribution in [2.24, 2.45) is 5.92 Å². The van der Waals surface area contributed by atoms with Crippen LogP contribution >= 0.6 is 0 Å². The predicted molar refractivity (Wildman–Crippen MR) is 38.4 cm³/mol. The highest BCUT2D eigenvalue weighted by Gasteiger charge is 1.98. The van der Waals surface area contributed by atoms with Gasteiger partial charge in [0.15, 0.2) is 0 Å². The van der Waals surface area contributed by atoms with E-state index in [1.807, 2.05) is 6.11 Å². The molecule has 0 amide bonds. The van der Waals surface area contributed by atoms with Crippen molar-refractivity contribution < 1.29 is 5.11 Å². The maximum atomic E-state index is 8.23. The average molecular weight is 126 g/mol. The Labute approximate surface area is 57.1 Å². The van der Waals surface area contributed by atoms with Crippen molar-refractivity contribution in [3.63, 3.8) is 0 Å². The van der Waals surface area contributed by atoms with E-state index in [0.29, 0.717) is 5.92 Å². The average Bonchev–Trinajstić information content (AvgIpc) is 1.88. The Morgan fingerprint density at radius 3 is 2.44 bits per heavy atom. The van der Waals surface area contributed by atoms with Crippen LogP contribution in [0.4, 0.5) is 0 Å². The molecular formula is C8H14O. The molecule has 0 aromatic heterocycles. The molecule has 0 aromatic rings. The minimum Gasteiger partial charge on any atom is -0.462 e. The van der Waals surface area contributed by atoms with Crippen molar-refractivity contribution in [2.45, 2.75) is 33.1 Å². The summed E-state index contributed by atoms with van der Waals surface area (Å²) in [6, 6.07) is 0. The summed E-state index contributed by atoms with van der Waals surface area (Å²) >= 11 is 0. The summed E-state index contributed by atoms with van der Waals surface area (Å²) < 4.78 is 0. The van der Waals surface area contributed by atoms with Gasteiger partial charge in [-0.25, -0.2) is 0 Å². The van der Waals surface area contributed by atoms with Crippen molar-refractivity contribution in [1.29, 1.82) is 0 Å². The van der Waals surface area contributed by atoms with Gasteiger partial charge >= 0.3 is 0 Å². The largest absolute Gasteiger partial charge is 0.462 e. The molecule has 1 atom stereocenters. The molecule has 0 rings (SSSR count). The second-order valence-electron chi connectivity index (χ2n) is 2.15. The number of rotatable bonds is 3. The smallest absolute Gasteiger partial charge is 0.107 e. The van der Waals surface area contributed by atoms with E-state index in [0.717, 1.165) is 19.3 Å². The van der Waals surface area contributed by atoms with E-state index in [1.165, 1.54) is 0 Å². The molecule has 1 unspecified atom stereocenters. The van der Waals surface area contributed by atoms with E-state index in [2.05, 4.69) is 19.8 Å². The first-order valence-electron chi connectivity index (χ1n) is 3.49. The molecule has 0 radical (unpaired) electrons. The monoisotopic (exact) mass is 126 g/mol. The Morgan fingerprint density at radius 1 is 1.44 bits per heavy atom. The fraction of sp³-hybridized carbons (Fsp3) is 0.750. The molecule has 1 heteroatoms. The van der Waals surface area contributed by atoms with Crippen LogP contribution in [0, 0.1) is 17.9 Å². The van der Waals surface area contributed by atoms with Gasteiger partial charge in [0, 0.05) is 5.92 Å². The van der Waals surface area contributed by atoms with E-state index in [9.17, 15) is 0 Å². The van der Waals surface area contributed by atoms with Gasteiger partial charge in [-0.05, 0) is 12.8 Å². The lowest BCUT2D eigenvalue weighted by atomic mass is 10.0. The van der Waals surface area contributed by atoms with Crippen molar-refractivity contribution in [1.82, 2.24) is 0 Å². The lowest BCUT2D eigenvalue weighted by Crippen LogP contribution is -1.92. The molecule has 0 aliphatic heterocycles. The number of hydrogen-bond acceptors (Lipinski definition) is 1. The van der Waals surface area contributed by atoms with E-state index in [1.54, 1.807) is 0 Å². The third-order valence-electron chi connectivity index (χ3n) is 1.40. The molecule has 0 saturated carbocycles. The fourth-order valence-electron chi connectivity index (χ4n) is 0.818. The van der Waals surface area contributed by atoms with Gasteiger partial charge in [0.25, 0.3) is 0 Å². The van der Waals surface area contributed by atoms with Gasteiger partial charge < -0.3 is 5.11 Å². The van der Waals surface area contributed by atoms with Crippen LogP contribution in [-0.2, 0) is 0 Å². The Kier molecular flexibility index (Phi) is 5.11. The normalized spacial score (nSPS) is 11.8. The molecule has 0 heterocycles. The van der Waals surface area contributed by atoms with Crippen LogP contribution in [0.1, 0.15) is 33.1 Å². The van der Waals surface area contributed by atoms with Crippen LogP contribution in [0.25, 0.3) is 0 Å². The molecule has 0 aromatic carbocycles. The minimum absolute atomic E-state index is 0.403. The highest BCUT2D eigenvalue weighted by atomic mass is 16.2. The van der Waals surface area contributed by atoms with Gasteiger partial charge in [-0.3, -0.25) is 0 Å². The fourth-order valence-corrected chi connectivity index (χ4v) is 0.818. The molecular weight excluding hydrogens is 112 g/mol. The van der Waals surface area contributed by atoms with E-state index in [-0.39, 0.29) is 0 Å². The zero-order valence-corrected chi connectivity index (χ0v) is 6.15. The second kappa shape index (κ2) is 5.50. The first kappa shape index (κ1) is 8.36. The molecule has 1 N–H and O–H groups in total. The van der Waals surface area contributed by atoms with Crippen LogP contribution < -0.4 is 0 Å². The molecule has 9 heavy (non-hydrogen) atoms. The van der Waals surface area contributed by atoms with Crippen molar-refractivity contribution in [3.05, 3.63) is 0 Å². The zero-order chi connectivity index (χ0) is 7.11. The predicted octanol–water partition coefficient (Wildman–Crippen LogP) is 2.15. The standard InChI is InChI=1S/C8H14O/c1-3-5-8(4-2)6-7-9/h8-9H,3-5H2,1-2H3. The van der Waals surface area contributed by atoms with Gasteiger partial charge in [0.2, 0.25) is 0 Å². The summed E-state index contributed by atoms with van der Waals surface area (Å²) in [4.78, 5) is 0. The molecule has 0 bridgehead atoms. The molecule has 0 aliphatic rings. The first-order valence-corrected chi connectivity index (χ1v) is 3.49. The van der Waals surface area contributed by atoms with Crippen LogP contribution in [-0.4, -0.2) is 5.11 Å². The molecule has 0 spiro atoms. The van der Waals surface area contributed by atoms with Gasteiger partial charge in [-0.2, -0.15) is 0 Å². The number of aliphatic hydroxyl groups is 1. The maximum Gasteiger partial charge on any atom is 0.107 e. The summed E-state index contributed by atoms with van der Waals surface area (Å²) in [7, 11) is 0. The van der Waals surface area contributed by atoms with Crippen LogP contribution in [0.2, 0.25) is 0 Å². The third kappa shape index (κ3) is 3.90. The highest BCUT2D eigenvalue weighted by molar-refractivity contribution is 4.95. The molecule has 0 saturated heterocycles. The maximum absolute atomic E-state index is 8.23. The van der Waals surface area contributed by atoms with Gasteiger partial charge in [-0.15, -0.1) is 0 Å². The lowest BCUT2D eigenvalue weighted by molar-refractivity contribution is 0.506. The second-order valence-corrected chi connectivity index (χ2v) is 2.15. The Morgan fingerprint density at radius 2 is 2.11 bits per heavy atom. The van der Waals surface area contributed by atoms with Crippen molar-refractivity contribution in [2.75, 3.05) is 0 Å². The van der Waals surface area contributed by atoms with Gasteiger partial charge in [-0.1, -0.05) is 26.2 Å². The Balaban J connectivity index is 3.50. The first-order chi connectivity index (χ1) is 4.35. The van der Waals surface area contributed by atoms with Crippen LogP contribution in [0.15, 0.2) is 0 Å². The van der Waals surface area contributed by atoms with Crippen molar-refractivity contribution in [3.8, 4) is 12.0 Å². The van der Waals surface area contributed by atoms with E-state index < -0.39 is 0 Å². The molecule has 0 aliphatic carbocycles. The summed E-state index contributed by atoms with van der Waals surface area (Å²) in [6.07, 6.45) is 5.24. The summed E-state index contributed by atoms with van der Waals surface area (Å²) in [6.45, 7) is 4.21. The topological polar surface area (TPSA) is 20.2 Å². The quantitative estimate of drug-likeness (QED) is 0.574. The van der Waals surface area contributed by atoms with Crippen LogP contribution in [0.5, 0.6) is 0 Å². The zero-order valence-electron chi connectivity index (χ0n) is 6.15. The lowest BCUT2D eigenvalue weighted by Gasteiger charge is -2.01. The summed E-state index contributed by atoms with van der Waals surface area (Å²) in [5.41, 5.74) is 0. The minimum atomic E-state index is 0.403. The van der Waals surface area contributed by atoms with Crippen molar-refractivity contribution >= 4 is 0 Å². The molecule has 52 valence electrons. The highest BCUT2D eigenvalue weighted by Crippen LogP contribution is 2.07. The summed E-state index contributed by atoms with van der Waals surface area (Å²) in [5, 5.41) is 8.23. The van der Waals surface area contributed by atoms with Gasteiger partial charge in [0.05, 0.1) is 0 Å². The number of hydrogen-bond donors (Lipinski definition) is 1. The molecule has 1 nitrogen and oxygen atoms in total. The van der Waals surface area contributed by atoms with E-state index in [4.69, 9.17) is 5.11 Å². The number of aliphatic hydroxyl groups excluding tert-OH is 1. The Bertz CT molecular complexity index is 107. The SMILES string of the molecule is CCCC(C#CO)CC. The van der Waals surface area contributed by atoms with Crippen LogP contribution in [0.3, 0.4) is 0 Å². The summed E-state index contributed by atoms with van der Waals surface area (Å²) in [5.74, 6) is 3.14.